The van der Waals surface area contributed by atoms with Crippen LogP contribution in [0.15, 0.2) is 28.6 Å². The third-order valence-electron chi connectivity index (χ3n) is 5.85. The van der Waals surface area contributed by atoms with E-state index >= 15 is 0 Å². The minimum Gasteiger partial charge on any atom is -0.377 e. The molecule has 0 spiro atoms. The average Bonchev–Trinajstić information content (AvgIpc) is 3.41. The third-order valence-corrected chi connectivity index (χ3v) is 5.85. The predicted molar refractivity (Wildman–Crippen MR) is 106 cm³/mol. The highest BCUT2D eigenvalue weighted by molar-refractivity contribution is 5.77. The zero-order valence-electron chi connectivity index (χ0n) is 16.4. The molecule has 0 unspecified atom stereocenters. The van der Waals surface area contributed by atoms with Gasteiger partial charge in [-0.3, -0.25) is 4.79 Å². The molecule has 148 valence electrons. The van der Waals surface area contributed by atoms with Crippen LogP contribution in [0.1, 0.15) is 44.6 Å². The van der Waals surface area contributed by atoms with Crippen LogP contribution in [-0.4, -0.2) is 53.3 Å². The summed E-state index contributed by atoms with van der Waals surface area (Å²) in [5, 5.41) is 8.30. The molecule has 0 saturated carbocycles. The smallest absolute Gasteiger partial charge is 0.223 e. The van der Waals surface area contributed by atoms with E-state index in [9.17, 15) is 4.79 Å². The minimum absolute atomic E-state index is 0.147. The van der Waals surface area contributed by atoms with Crippen molar-refractivity contribution in [3.63, 3.8) is 0 Å². The summed E-state index contributed by atoms with van der Waals surface area (Å²) in [6.45, 7) is 4.85. The van der Waals surface area contributed by atoms with E-state index in [1.165, 1.54) is 0 Å². The number of terminal acetylenes is 1. The topological polar surface area (TPSA) is 70.4 Å². The van der Waals surface area contributed by atoms with Crippen LogP contribution in [0.2, 0.25) is 0 Å². The molecule has 7 heteroatoms. The number of carbonyl (C=O) groups is 1. The van der Waals surface area contributed by atoms with Gasteiger partial charge in [-0.2, -0.15) is 10.2 Å². The Kier molecular flexibility index (Phi) is 5.31. The Hall–Kier alpha value is -2.46. The van der Waals surface area contributed by atoms with Crippen LogP contribution in [0.25, 0.3) is 0 Å². The lowest BCUT2D eigenvalue weighted by Gasteiger charge is -2.26. The number of amides is 1. The fourth-order valence-electron chi connectivity index (χ4n) is 4.32. The van der Waals surface area contributed by atoms with Gasteiger partial charge in [0.1, 0.15) is 5.82 Å². The SMILES string of the molecule is C#CCCC1(CCC(=O)N2Cc3cccnc3N3C[C@H](OCC)C[C@H]3C2)N=N1. The lowest BCUT2D eigenvalue weighted by Crippen LogP contribution is -2.40. The first kappa shape index (κ1) is 18.9. The Morgan fingerprint density at radius 1 is 1.39 bits per heavy atom. The Morgan fingerprint density at radius 3 is 3.00 bits per heavy atom. The summed E-state index contributed by atoms with van der Waals surface area (Å²) < 4.78 is 5.87. The van der Waals surface area contributed by atoms with Crippen LogP contribution in [0.3, 0.4) is 0 Å². The minimum atomic E-state index is -0.410. The van der Waals surface area contributed by atoms with Gasteiger partial charge in [0.05, 0.1) is 12.1 Å². The zero-order valence-corrected chi connectivity index (χ0v) is 16.4. The molecule has 0 aliphatic carbocycles. The van der Waals surface area contributed by atoms with E-state index < -0.39 is 5.66 Å². The molecule has 28 heavy (non-hydrogen) atoms. The maximum atomic E-state index is 13.0. The van der Waals surface area contributed by atoms with Crippen molar-refractivity contribution in [1.82, 2.24) is 9.88 Å². The largest absolute Gasteiger partial charge is 0.377 e. The molecular formula is C21H27N5O2. The second-order valence-corrected chi connectivity index (χ2v) is 7.77. The third kappa shape index (κ3) is 3.88. The number of hydrogen-bond donors (Lipinski definition) is 0. The standard InChI is InChI=1S/C21H27N5O2/c1-3-5-9-21(23-24-21)10-8-19(27)25-13-16-7-6-11-22-20(16)26-15-18(28-4-2)12-17(26)14-25/h1,6-7,11,17-18H,4-5,8-10,12-15H2,2H3/t17-,18+/m0/s1. The summed E-state index contributed by atoms with van der Waals surface area (Å²) in [4.78, 5) is 22.0. The molecule has 3 aliphatic heterocycles. The molecule has 4 heterocycles. The van der Waals surface area contributed by atoms with E-state index in [1.54, 1.807) is 0 Å². The molecule has 4 rings (SSSR count). The van der Waals surface area contributed by atoms with E-state index in [0.29, 0.717) is 39.0 Å². The van der Waals surface area contributed by atoms with Crippen molar-refractivity contribution in [2.24, 2.45) is 10.2 Å². The highest BCUT2D eigenvalue weighted by Crippen LogP contribution is 2.38. The van der Waals surface area contributed by atoms with E-state index in [-0.39, 0.29) is 18.1 Å². The van der Waals surface area contributed by atoms with Gasteiger partial charge < -0.3 is 14.5 Å². The van der Waals surface area contributed by atoms with Crippen molar-refractivity contribution in [2.75, 3.05) is 24.6 Å². The molecule has 0 N–H and O–H groups in total. The molecule has 0 aromatic carbocycles. The molecule has 1 aromatic heterocycles. The summed E-state index contributed by atoms with van der Waals surface area (Å²) in [5.74, 6) is 3.77. The van der Waals surface area contributed by atoms with Gasteiger partial charge in [0.15, 0.2) is 5.66 Å². The summed E-state index contributed by atoms with van der Waals surface area (Å²) >= 11 is 0. The molecule has 1 fully saturated rings. The zero-order chi connectivity index (χ0) is 19.6. The monoisotopic (exact) mass is 381 g/mol. The normalized spacial score (nSPS) is 24.3. The number of aromatic nitrogens is 1. The number of nitrogens with zero attached hydrogens (tertiary/aromatic N) is 5. The van der Waals surface area contributed by atoms with Gasteiger partial charge in [-0.05, 0) is 19.4 Å². The number of anilines is 1. The fourth-order valence-corrected chi connectivity index (χ4v) is 4.32. The van der Waals surface area contributed by atoms with Gasteiger partial charge in [0.25, 0.3) is 0 Å². The number of carbonyl (C=O) groups excluding carboxylic acids is 1. The number of ether oxygens (including phenoxy) is 1. The maximum absolute atomic E-state index is 13.0. The van der Waals surface area contributed by atoms with Crippen molar-refractivity contribution in [3.8, 4) is 12.3 Å². The van der Waals surface area contributed by atoms with Gasteiger partial charge >= 0.3 is 0 Å². The quantitative estimate of drug-likeness (QED) is 0.681. The fraction of sp³-hybridized carbons (Fsp3) is 0.619. The Balaban J connectivity index is 1.45. The number of rotatable bonds is 7. The van der Waals surface area contributed by atoms with E-state index in [2.05, 4.69) is 32.1 Å². The van der Waals surface area contributed by atoms with Crippen LogP contribution < -0.4 is 4.90 Å². The first-order valence-corrected chi connectivity index (χ1v) is 10.1. The van der Waals surface area contributed by atoms with Gasteiger partial charge in [0.2, 0.25) is 5.91 Å². The second-order valence-electron chi connectivity index (χ2n) is 7.77. The van der Waals surface area contributed by atoms with Crippen LogP contribution >= 0.6 is 0 Å². The summed E-state index contributed by atoms with van der Waals surface area (Å²) in [5.41, 5.74) is 0.686. The van der Waals surface area contributed by atoms with Gasteiger partial charge in [0, 0.05) is 63.7 Å². The summed E-state index contributed by atoms with van der Waals surface area (Å²) in [7, 11) is 0. The van der Waals surface area contributed by atoms with Crippen molar-refractivity contribution < 1.29 is 9.53 Å². The average molecular weight is 381 g/mol. The molecule has 1 saturated heterocycles. The van der Waals surface area contributed by atoms with Crippen LogP contribution in [-0.2, 0) is 16.1 Å². The van der Waals surface area contributed by atoms with Crippen molar-refractivity contribution in [2.45, 2.75) is 63.4 Å². The number of fused-ring (bicyclic) bond motifs is 3. The van der Waals surface area contributed by atoms with Gasteiger partial charge in [-0.25, -0.2) is 4.98 Å². The first-order valence-electron chi connectivity index (χ1n) is 10.1. The van der Waals surface area contributed by atoms with Crippen LogP contribution in [0.4, 0.5) is 5.82 Å². The van der Waals surface area contributed by atoms with Crippen molar-refractivity contribution >= 4 is 11.7 Å². The number of hydrogen-bond acceptors (Lipinski definition) is 6. The van der Waals surface area contributed by atoms with E-state index in [0.717, 1.165) is 30.8 Å². The maximum Gasteiger partial charge on any atom is 0.223 e. The summed E-state index contributed by atoms with van der Waals surface area (Å²) in [6.07, 6.45) is 10.7. The highest BCUT2D eigenvalue weighted by Gasteiger charge is 2.41. The van der Waals surface area contributed by atoms with E-state index in [4.69, 9.17) is 11.2 Å². The lowest BCUT2D eigenvalue weighted by atomic mass is 10.0. The molecule has 1 amide bonds. The summed E-state index contributed by atoms with van der Waals surface area (Å²) in [6, 6.07) is 4.25. The Bertz CT molecular complexity index is 796. The van der Waals surface area contributed by atoms with Crippen molar-refractivity contribution in [1.29, 1.82) is 0 Å². The molecule has 0 bridgehead atoms. The molecule has 0 radical (unpaired) electrons. The van der Waals surface area contributed by atoms with Crippen LogP contribution in [0.5, 0.6) is 0 Å². The molecule has 3 aliphatic rings. The predicted octanol–water partition coefficient (Wildman–Crippen LogP) is 2.76. The highest BCUT2D eigenvalue weighted by atomic mass is 16.5. The van der Waals surface area contributed by atoms with Gasteiger partial charge in [-0.15, -0.1) is 12.3 Å². The molecule has 7 nitrogen and oxygen atoms in total. The second kappa shape index (κ2) is 7.88. The van der Waals surface area contributed by atoms with Crippen molar-refractivity contribution in [3.05, 3.63) is 23.9 Å². The lowest BCUT2D eigenvalue weighted by molar-refractivity contribution is -0.132. The number of pyridine rings is 1. The van der Waals surface area contributed by atoms with Crippen LogP contribution in [0, 0.1) is 12.3 Å². The molecule has 2 atom stereocenters. The van der Waals surface area contributed by atoms with Gasteiger partial charge in [-0.1, -0.05) is 6.07 Å². The Labute approximate surface area is 166 Å². The molecular weight excluding hydrogens is 354 g/mol. The van der Waals surface area contributed by atoms with E-state index in [1.807, 2.05) is 24.1 Å². The first-order chi connectivity index (χ1) is 13.6. The Morgan fingerprint density at radius 2 is 2.25 bits per heavy atom. The molecule has 1 aromatic rings.